The summed E-state index contributed by atoms with van der Waals surface area (Å²) >= 11 is 3.35. The molecule has 1 aromatic carbocycles. The lowest BCUT2D eigenvalue weighted by Gasteiger charge is -2.20. The minimum Gasteiger partial charge on any atom is -0.467 e. The molecule has 0 aliphatic carbocycles. The highest BCUT2D eigenvalue weighted by atomic mass is 79.9. The van der Waals surface area contributed by atoms with Crippen LogP contribution in [0.1, 0.15) is 22.5 Å². The molecule has 0 aliphatic heterocycles. The Labute approximate surface area is 125 Å². The topological polar surface area (TPSA) is 57.2 Å². The fourth-order valence-electron chi connectivity index (χ4n) is 1.83. The van der Waals surface area contributed by atoms with Crippen molar-refractivity contribution in [1.29, 1.82) is 5.26 Å². The largest absolute Gasteiger partial charge is 0.467 e. The lowest BCUT2D eigenvalue weighted by molar-refractivity contribution is 0.0735. The van der Waals surface area contributed by atoms with Crippen molar-refractivity contribution in [3.8, 4) is 6.07 Å². The molecule has 2 rings (SSSR count). The van der Waals surface area contributed by atoms with Crippen molar-refractivity contribution < 1.29 is 9.21 Å². The van der Waals surface area contributed by atoms with E-state index in [1.807, 2.05) is 18.2 Å². The van der Waals surface area contributed by atoms with Crippen LogP contribution < -0.4 is 0 Å². The van der Waals surface area contributed by atoms with E-state index in [0.717, 1.165) is 4.47 Å². The molecule has 0 saturated heterocycles. The SMILES string of the molecule is N#CCCN(Cc1ccco1)C(=O)c1cccc(Br)c1. The van der Waals surface area contributed by atoms with Crippen LogP contribution in [0.25, 0.3) is 0 Å². The summed E-state index contributed by atoms with van der Waals surface area (Å²) in [5.74, 6) is 0.587. The van der Waals surface area contributed by atoms with Crippen molar-refractivity contribution in [2.45, 2.75) is 13.0 Å². The van der Waals surface area contributed by atoms with Crippen LogP contribution in [0.4, 0.5) is 0 Å². The molecule has 0 spiro atoms. The highest BCUT2D eigenvalue weighted by molar-refractivity contribution is 9.10. The fourth-order valence-corrected chi connectivity index (χ4v) is 2.23. The van der Waals surface area contributed by atoms with Gasteiger partial charge in [0.25, 0.3) is 5.91 Å². The zero-order chi connectivity index (χ0) is 14.4. The monoisotopic (exact) mass is 332 g/mol. The van der Waals surface area contributed by atoms with Crippen LogP contribution in [-0.4, -0.2) is 17.4 Å². The molecule has 0 atom stereocenters. The zero-order valence-electron chi connectivity index (χ0n) is 10.8. The lowest BCUT2D eigenvalue weighted by Crippen LogP contribution is -2.31. The molecule has 0 fully saturated rings. The van der Waals surface area contributed by atoms with E-state index in [-0.39, 0.29) is 5.91 Å². The van der Waals surface area contributed by atoms with Crippen LogP contribution in [0.15, 0.2) is 51.6 Å². The van der Waals surface area contributed by atoms with Gasteiger partial charge in [0.05, 0.1) is 25.3 Å². The van der Waals surface area contributed by atoms with Crippen molar-refractivity contribution in [1.82, 2.24) is 4.90 Å². The van der Waals surface area contributed by atoms with Crippen LogP contribution >= 0.6 is 15.9 Å². The number of amides is 1. The summed E-state index contributed by atoms with van der Waals surface area (Å²) in [7, 11) is 0. The second-order valence-electron chi connectivity index (χ2n) is 4.22. The van der Waals surface area contributed by atoms with Crippen molar-refractivity contribution in [3.05, 3.63) is 58.5 Å². The van der Waals surface area contributed by atoms with Crippen molar-refractivity contribution in [2.24, 2.45) is 0 Å². The van der Waals surface area contributed by atoms with Gasteiger partial charge in [0.1, 0.15) is 5.76 Å². The smallest absolute Gasteiger partial charge is 0.254 e. The molecule has 0 saturated carbocycles. The van der Waals surface area contributed by atoms with E-state index < -0.39 is 0 Å². The van der Waals surface area contributed by atoms with Gasteiger partial charge in [-0.05, 0) is 30.3 Å². The Morgan fingerprint density at radius 2 is 2.20 bits per heavy atom. The number of hydrogen-bond acceptors (Lipinski definition) is 3. The quantitative estimate of drug-likeness (QED) is 0.840. The Balaban J connectivity index is 2.17. The Hall–Kier alpha value is -2.06. The maximum atomic E-state index is 12.5. The first-order valence-corrected chi connectivity index (χ1v) is 6.94. The summed E-state index contributed by atoms with van der Waals surface area (Å²) in [6, 6.07) is 12.9. The van der Waals surface area contributed by atoms with Gasteiger partial charge in [-0.2, -0.15) is 5.26 Å². The van der Waals surface area contributed by atoms with Crippen LogP contribution in [0.5, 0.6) is 0 Å². The van der Waals surface area contributed by atoms with Gasteiger partial charge < -0.3 is 9.32 Å². The molecule has 1 aromatic heterocycles. The van der Waals surface area contributed by atoms with Gasteiger partial charge in [-0.3, -0.25) is 4.79 Å². The molecular formula is C15H13BrN2O2. The van der Waals surface area contributed by atoms with Crippen LogP contribution in [-0.2, 0) is 6.54 Å². The van der Waals surface area contributed by atoms with Gasteiger partial charge in [-0.1, -0.05) is 22.0 Å². The fraction of sp³-hybridized carbons (Fsp3) is 0.200. The van der Waals surface area contributed by atoms with E-state index >= 15 is 0 Å². The molecule has 4 nitrogen and oxygen atoms in total. The first-order chi connectivity index (χ1) is 9.70. The third kappa shape index (κ3) is 3.72. The predicted molar refractivity (Wildman–Crippen MR) is 77.8 cm³/mol. The number of carbonyl (C=O) groups excluding carboxylic acids is 1. The van der Waals surface area contributed by atoms with Crippen molar-refractivity contribution in [3.63, 3.8) is 0 Å². The standard InChI is InChI=1S/C15H13BrN2O2/c16-13-5-1-4-12(10-13)15(19)18(8-3-7-17)11-14-6-2-9-20-14/h1-2,4-6,9-10H,3,8,11H2. The van der Waals surface area contributed by atoms with Crippen LogP contribution in [0.3, 0.4) is 0 Å². The first kappa shape index (κ1) is 14.4. The summed E-state index contributed by atoms with van der Waals surface area (Å²) in [4.78, 5) is 14.1. The van der Waals surface area contributed by atoms with Crippen molar-refractivity contribution in [2.75, 3.05) is 6.54 Å². The molecule has 0 radical (unpaired) electrons. The van der Waals surface area contributed by atoms with Gasteiger partial charge in [0.2, 0.25) is 0 Å². The third-order valence-corrected chi connectivity index (χ3v) is 3.27. The lowest BCUT2D eigenvalue weighted by atomic mass is 10.2. The van der Waals surface area contributed by atoms with E-state index in [9.17, 15) is 4.79 Å². The summed E-state index contributed by atoms with van der Waals surface area (Å²) in [6.07, 6.45) is 1.86. The molecule has 0 aliphatic rings. The zero-order valence-corrected chi connectivity index (χ0v) is 12.3. The third-order valence-electron chi connectivity index (χ3n) is 2.78. The molecule has 102 valence electrons. The Morgan fingerprint density at radius 1 is 1.35 bits per heavy atom. The minimum absolute atomic E-state index is 0.113. The molecule has 0 N–H and O–H groups in total. The average molecular weight is 333 g/mol. The molecule has 0 bridgehead atoms. The number of halogens is 1. The van der Waals surface area contributed by atoms with E-state index in [1.165, 1.54) is 0 Å². The molecule has 5 heteroatoms. The Kier molecular flexibility index (Phi) is 4.97. The highest BCUT2D eigenvalue weighted by Gasteiger charge is 2.17. The number of nitrogens with zero attached hydrogens (tertiary/aromatic N) is 2. The Bertz CT molecular complexity index is 617. The number of hydrogen-bond donors (Lipinski definition) is 0. The molecule has 20 heavy (non-hydrogen) atoms. The molecule has 1 heterocycles. The first-order valence-electron chi connectivity index (χ1n) is 6.15. The van der Waals surface area contributed by atoms with E-state index in [1.54, 1.807) is 29.4 Å². The minimum atomic E-state index is -0.113. The number of carbonyl (C=O) groups is 1. The Morgan fingerprint density at radius 3 is 2.85 bits per heavy atom. The molecule has 0 unspecified atom stereocenters. The van der Waals surface area contributed by atoms with Gasteiger partial charge >= 0.3 is 0 Å². The molecule has 1 amide bonds. The highest BCUT2D eigenvalue weighted by Crippen LogP contribution is 2.15. The van der Waals surface area contributed by atoms with Crippen molar-refractivity contribution >= 4 is 21.8 Å². The summed E-state index contributed by atoms with van der Waals surface area (Å²) in [6.45, 7) is 0.739. The van der Waals surface area contributed by atoms with Gasteiger partial charge in [-0.25, -0.2) is 0 Å². The summed E-state index contributed by atoms with van der Waals surface area (Å²) < 4.78 is 6.12. The number of rotatable bonds is 5. The second-order valence-corrected chi connectivity index (χ2v) is 5.14. The predicted octanol–water partition coefficient (Wildman–Crippen LogP) is 3.60. The van der Waals surface area contributed by atoms with Crippen LogP contribution in [0, 0.1) is 11.3 Å². The number of furan rings is 1. The van der Waals surface area contributed by atoms with E-state index in [0.29, 0.717) is 30.8 Å². The number of benzene rings is 1. The average Bonchev–Trinajstić information content (AvgIpc) is 2.95. The van der Waals surface area contributed by atoms with Gasteiger partial charge in [0.15, 0.2) is 0 Å². The van der Waals surface area contributed by atoms with Gasteiger partial charge in [0, 0.05) is 16.6 Å². The maximum Gasteiger partial charge on any atom is 0.254 e. The second kappa shape index (κ2) is 6.92. The van der Waals surface area contributed by atoms with Gasteiger partial charge in [-0.15, -0.1) is 0 Å². The normalized spacial score (nSPS) is 10.0. The summed E-state index contributed by atoms with van der Waals surface area (Å²) in [5, 5.41) is 8.72. The molecular weight excluding hydrogens is 320 g/mol. The molecule has 2 aromatic rings. The number of nitriles is 1. The summed E-state index contributed by atoms with van der Waals surface area (Å²) in [5.41, 5.74) is 0.587. The van der Waals surface area contributed by atoms with Crippen LogP contribution in [0.2, 0.25) is 0 Å². The maximum absolute atomic E-state index is 12.5. The van der Waals surface area contributed by atoms with E-state index in [4.69, 9.17) is 9.68 Å². The van der Waals surface area contributed by atoms with E-state index in [2.05, 4.69) is 22.0 Å².